The smallest absolute Gasteiger partial charge is 0.244 e. The summed E-state index contributed by atoms with van der Waals surface area (Å²) in [6, 6.07) is 14.9. The Bertz CT molecular complexity index is 830. The quantitative estimate of drug-likeness (QED) is 0.801. The van der Waals surface area contributed by atoms with Gasteiger partial charge in [-0.3, -0.25) is 9.59 Å². The number of hydrogen-bond acceptors (Lipinski definition) is 3. The highest BCUT2D eigenvalue weighted by Gasteiger charge is 2.19. The van der Waals surface area contributed by atoms with E-state index in [1.165, 1.54) is 30.4 Å². The summed E-state index contributed by atoms with van der Waals surface area (Å²) < 4.78 is 0. The maximum Gasteiger partial charge on any atom is 0.244 e. The van der Waals surface area contributed by atoms with E-state index in [0.717, 1.165) is 19.0 Å². The van der Waals surface area contributed by atoms with Crippen LogP contribution in [0.25, 0.3) is 0 Å². The SMILES string of the molecule is CC(=O)N(CC(=O)Nc1ccc(N2CCC(C)CC2)cc1)c1ccccc1Cl. The maximum atomic E-state index is 12.5. The first-order chi connectivity index (χ1) is 13.4. The molecule has 0 radical (unpaired) electrons. The zero-order valence-corrected chi connectivity index (χ0v) is 17.1. The number of amides is 2. The lowest BCUT2D eigenvalue weighted by Crippen LogP contribution is -2.36. The molecule has 0 bridgehead atoms. The molecule has 0 spiro atoms. The average molecular weight is 400 g/mol. The van der Waals surface area contributed by atoms with Crippen molar-refractivity contribution in [1.29, 1.82) is 0 Å². The Morgan fingerprint density at radius 2 is 1.75 bits per heavy atom. The van der Waals surface area contributed by atoms with Crippen molar-refractivity contribution in [2.75, 3.05) is 34.8 Å². The number of piperidine rings is 1. The fourth-order valence-corrected chi connectivity index (χ4v) is 3.64. The standard InChI is InChI=1S/C22H26ClN3O2/c1-16-11-13-25(14-12-16)19-9-7-18(8-10-19)24-22(28)15-26(17(2)27)21-6-4-3-5-20(21)23/h3-10,16H,11-15H2,1-2H3,(H,24,28). The maximum absolute atomic E-state index is 12.5. The van der Waals surface area contributed by atoms with Gasteiger partial charge in [-0.1, -0.05) is 30.7 Å². The third-order valence-corrected chi connectivity index (χ3v) is 5.44. The van der Waals surface area contributed by atoms with E-state index in [9.17, 15) is 9.59 Å². The molecule has 0 aromatic heterocycles. The lowest BCUT2D eigenvalue weighted by Gasteiger charge is -2.32. The predicted octanol–water partition coefficient (Wildman–Crippen LogP) is 4.57. The first-order valence-electron chi connectivity index (χ1n) is 9.61. The van der Waals surface area contributed by atoms with Crippen molar-refractivity contribution in [2.24, 2.45) is 5.92 Å². The van der Waals surface area contributed by atoms with Gasteiger partial charge in [0, 0.05) is 31.4 Å². The van der Waals surface area contributed by atoms with Gasteiger partial charge in [0.1, 0.15) is 6.54 Å². The van der Waals surface area contributed by atoms with Gasteiger partial charge in [0.25, 0.3) is 0 Å². The summed E-state index contributed by atoms with van der Waals surface area (Å²) in [5.74, 6) is 0.282. The van der Waals surface area contributed by atoms with Crippen molar-refractivity contribution in [1.82, 2.24) is 0 Å². The molecular weight excluding hydrogens is 374 g/mol. The second-order valence-electron chi connectivity index (χ2n) is 7.32. The molecule has 2 amide bonds. The Morgan fingerprint density at radius 1 is 1.11 bits per heavy atom. The number of nitrogens with zero attached hydrogens (tertiary/aromatic N) is 2. The molecule has 0 atom stereocenters. The third-order valence-electron chi connectivity index (χ3n) is 5.12. The van der Waals surface area contributed by atoms with Crippen molar-refractivity contribution in [3.05, 3.63) is 53.6 Å². The van der Waals surface area contributed by atoms with E-state index in [4.69, 9.17) is 11.6 Å². The van der Waals surface area contributed by atoms with Crippen molar-refractivity contribution in [2.45, 2.75) is 26.7 Å². The summed E-state index contributed by atoms with van der Waals surface area (Å²) >= 11 is 6.18. The molecule has 1 fully saturated rings. The van der Waals surface area contributed by atoms with Gasteiger partial charge in [-0.05, 0) is 55.2 Å². The minimum Gasteiger partial charge on any atom is -0.372 e. The van der Waals surface area contributed by atoms with E-state index in [-0.39, 0.29) is 18.4 Å². The Hall–Kier alpha value is -2.53. The third kappa shape index (κ3) is 5.04. The van der Waals surface area contributed by atoms with Crippen molar-refractivity contribution < 1.29 is 9.59 Å². The molecule has 1 saturated heterocycles. The molecule has 28 heavy (non-hydrogen) atoms. The van der Waals surface area contributed by atoms with Crippen LogP contribution in [0.2, 0.25) is 5.02 Å². The van der Waals surface area contributed by atoms with Crippen LogP contribution in [0.15, 0.2) is 48.5 Å². The summed E-state index contributed by atoms with van der Waals surface area (Å²) in [5.41, 5.74) is 2.41. The molecule has 5 nitrogen and oxygen atoms in total. The zero-order valence-electron chi connectivity index (χ0n) is 16.3. The van der Waals surface area contributed by atoms with E-state index >= 15 is 0 Å². The van der Waals surface area contributed by atoms with E-state index < -0.39 is 0 Å². The van der Waals surface area contributed by atoms with Gasteiger partial charge in [0.2, 0.25) is 11.8 Å². The van der Waals surface area contributed by atoms with E-state index in [1.807, 2.05) is 24.3 Å². The molecule has 2 aromatic rings. The van der Waals surface area contributed by atoms with Crippen LogP contribution in [-0.2, 0) is 9.59 Å². The molecule has 0 aliphatic carbocycles. The second-order valence-corrected chi connectivity index (χ2v) is 7.73. The topological polar surface area (TPSA) is 52.7 Å². The molecular formula is C22H26ClN3O2. The minimum absolute atomic E-state index is 0.0924. The van der Waals surface area contributed by atoms with Gasteiger partial charge >= 0.3 is 0 Å². The molecule has 3 rings (SSSR count). The fraction of sp³-hybridized carbons (Fsp3) is 0.364. The van der Waals surface area contributed by atoms with Gasteiger partial charge < -0.3 is 15.1 Å². The van der Waals surface area contributed by atoms with E-state index in [2.05, 4.69) is 17.1 Å². The Kier molecular flexibility index (Phi) is 6.57. The zero-order chi connectivity index (χ0) is 20.1. The molecule has 1 N–H and O–H groups in total. The second kappa shape index (κ2) is 9.11. The lowest BCUT2D eigenvalue weighted by atomic mass is 9.99. The highest BCUT2D eigenvalue weighted by Crippen LogP contribution is 2.26. The van der Waals surface area contributed by atoms with Crippen LogP contribution in [0.5, 0.6) is 0 Å². The van der Waals surface area contributed by atoms with Crippen molar-refractivity contribution >= 4 is 40.5 Å². The number of para-hydroxylation sites is 1. The van der Waals surface area contributed by atoms with Gasteiger partial charge in [-0.2, -0.15) is 0 Å². The monoisotopic (exact) mass is 399 g/mol. The van der Waals surface area contributed by atoms with Crippen LogP contribution < -0.4 is 15.1 Å². The van der Waals surface area contributed by atoms with Crippen LogP contribution in [-0.4, -0.2) is 31.4 Å². The lowest BCUT2D eigenvalue weighted by molar-refractivity contribution is -0.120. The molecule has 1 heterocycles. The van der Waals surface area contributed by atoms with Crippen LogP contribution in [0.1, 0.15) is 26.7 Å². The van der Waals surface area contributed by atoms with Gasteiger partial charge in [0.05, 0.1) is 10.7 Å². The summed E-state index contributed by atoms with van der Waals surface area (Å²) in [6.45, 7) is 5.76. The van der Waals surface area contributed by atoms with Gasteiger partial charge in [-0.25, -0.2) is 0 Å². The Morgan fingerprint density at radius 3 is 2.36 bits per heavy atom. The van der Waals surface area contributed by atoms with Crippen molar-refractivity contribution in [3.63, 3.8) is 0 Å². The molecule has 6 heteroatoms. The average Bonchev–Trinajstić information content (AvgIpc) is 2.68. The highest BCUT2D eigenvalue weighted by atomic mass is 35.5. The number of rotatable bonds is 5. The van der Waals surface area contributed by atoms with Crippen LogP contribution >= 0.6 is 11.6 Å². The first-order valence-corrected chi connectivity index (χ1v) is 9.99. The van der Waals surface area contributed by atoms with Gasteiger partial charge in [-0.15, -0.1) is 0 Å². The first kappa shape index (κ1) is 20.2. The summed E-state index contributed by atoms with van der Waals surface area (Å²) in [7, 11) is 0. The highest BCUT2D eigenvalue weighted by molar-refractivity contribution is 6.33. The van der Waals surface area contributed by atoms with Crippen LogP contribution in [0.3, 0.4) is 0 Å². The number of nitrogens with one attached hydrogen (secondary N) is 1. The number of hydrogen-bond donors (Lipinski definition) is 1. The molecule has 148 valence electrons. The number of anilines is 3. The van der Waals surface area contributed by atoms with Crippen LogP contribution in [0, 0.1) is 5.92 Å². The molecule has 2 aromatic carbocycles. The molecule has 1 aliphatic heterocycles. The Balaban J connectivity index is 1.62. The summed E-state index contributed by atoms with van der Waals surface area (Å²) in [6.07, 6.45) is 2.42. The van der Waals surface area contributed by atoms with Crippen LogP contribution in [0.4, 0.5) is 17.1 Å². The number of carbonyl (C=O) groups is 2. The molecule has 1 aliphatic rings. The normalized spacial score (nSPS) is 14.6. The number of benzene rings is 2. The minimum atomic E-state index is -0.269. The fourth-order valence-electron chi connectivity index (χ4n) is 3.40. The number of halogens is 1. The molecule has 0 saturated carbocycles. The van der Waals surface area contributed by atoms with Gasteiger partial charge in [0.15, 0.2) is 0 Å². The summed E-state index contributed by atoms with van der Waals surface area (Å²) in [4.78, 5) is 28.2. The largest absolute Gasteiger partial charge is 0.372 e. The Labute approximate surface area is 171 Å². The van der Waals surface area contributed by atoms with E-state index in [1.54, 1.807) is 24.3 Å². The predicted molar refractivity (Wildman–Crippen MR) is 115 cm³/mol. The number of carbonyl (C=O) groups excluding carboxylic acids is 2. The molecule has 0 unspecified atom stereocenters. The van der Waals surface area contributed by atoms with Crippen molar-refractivity contribution in [3.8, 4) is 0 Å². The van der Waals surface area contributed by atoms with E-state index in [0.29, 0.717) is 16.4 Å². The summed E-state index contributed by atoms with van der Waals surface area (Å²) in [5, 5.41) is 3.30.